The number of benzene rings is 1. The van der Waals surface area contributed by atoms with Crippen molar-refractivity contribution < 1.29 is 0 Å². The van der Waals surface area contributed by atoms with Gasteiger partial charge in [-0.15, -0.1) is 11.3 Å². The maximum absolute atomic E-state index is 4.42. The molecule has 0 unspecified atom stereocenters. The first-order valence-electron chi connectivity index (χ1n) is 10.6. The van der Waals surface area contributed by atoms with Crippen LogP contribution in [-0.4, -0.2) is 43.7 Å². The quantitative estimate of drug-likeness (QED) is 0.572. The van der Waals surface area contributed by atoms with E-state index in [1.807, 2.05) is 13.2 Å². The van der Waals surface area contributed by atoms with Gasteiger partial charge in [0.1, 0.15) is 0 Å². The summed E-state index contributed by atoms with van der Waals surface area (Å²) in [5.74, 6) is 0.895. The summed E-state index contributed by atoms with van der Waals surface area (Å²) in [6.45, 7) is 11.9. The number of hydrogen-bond donors (Lipinski definition) is 2. The monoisotopic (exact) mass is 413 g/mol. The Morgan fingerprint density at radius 2 is 1.90 bits per heavy atom. The summed E-state index contributed by atoms with van der Waals surface area (Å²) in [7, 11) is 1.84. The molecule has 1 aliphatic rings. The Morgan fingerprint density at radius 1 is 1.21 bits per heavy atom. The minimum Gasteiger partial charge on any atom is -0.371 e. The van der Waals surface area contributed by atoms with Gasteiger partial charge in [-0.3, -0.25) is 4.99 Å². The zero-order valence-electron chi connectivity index (χ0n) is 18.5. The fourth-order valence-corrected chi connectivity index (χ4v) is 4.43. The molecule has 0 atom stereocenters. The van der Waals surface area contributed by atoms with Crippen molar-refractivity contribution in [3.63, 3.8) is 0 Å². The first-order valence-corrected chi connectivity index (χ1v) is 11.4. The van der Waals surface area contributed by atoms with Crippen molar-refractivity contribution in [3.8, 4) is 0 Å². The third-order valence-corrected chi connectivity index (χ3v) is 6.43. The van der Waals surface area contributed by atoms with E-state index in [1.54, 1.807) is 11.3 Å². The third kappa shape index (κ3) is 6.20. The van der Waals surface area contributed by atoms with E-state index in [0.29, 0.717) is 6.04 Å². The molecule has 3 rings (SSSR count). The van der Waals surface area contributed by atoms with Crippen LogP contribution < -0.4 is 15.5 Å². The lowest BCUT2D eigenvalue weighted by Crippen LogP contribution is -2.49. The zero-order chi connectivity index (χ0) is 20.9. The van der Waals surface area contributed by atoms with Gasteiger partial charge in [-0.05, 0) is 42.9 Å². The Bertz CT molecular complexity index is 795. The molecule has 6 heteroatoms. The molecule has 1 saturated heterocycles. The molecule has 0 radical (unpaired) electrons. The molecular formula is C23H35N5S. The van der Waals surface area contributed by atoms with E-state index in [9.17, 15) is 0 Å². The van der Waals surface area contributed by atoms with E-state index >= 15 is 0 Å². The predicted molar refractivity (Wildman–Crippen MR) is 125 cm³/mol. The fourth-order valence-electron chi connectivity index (χ4n) is 3.65. The standard InChI is InChI=1S/C23H35N5S/c1-17-16-26-21(29-17)10-13-25-22(24-5)27-19-11-14-28(15-12-19)20-8-6-18(7-9-20)23(2,3)4/h6-9,16,19H,10-15H2,1-5H3,(H2,24,25,27). The molecule has 158 valence electrons. The van der Waals surface area contributed by atoms with Gasteiger partial charge in [-0.2, -0.15) is 0 Å². The van der Waals surface area contributed by atoms with Gasteiger partial charge < -0.3 is 15.5 Å². The molecule has 2 N–H and O–H groups in total. The van der Waals surface area contributed by atoms with Crippen LogP contribution in [-0.2, 0) is 11.8 Å². The molecule has 0 amide bonds. The molecule has 1 aromatic carbocycles. The van der Waals surface area contributed by atoms with E-state index in [-0.39, 0.29) is 5.41 Å². The number of nitrogens with one attached hydrogen (secondary N) is 2. The third-order valence-electron chi connectivity index (χ3n) is 5.46. The summed E-state index contributed by atoms with van der Waals surface area (Å²) in [6.07, 6.45) is 5.11. The lowest BCUT2D eigenvalue weighted by Gasteiger charge is -2.35. The molecule has 0 bridgehead atoms. The van der Waals surface area contributed by atoms with Crippen LogP contribution >= 0.6 is 11.3 Å². The van der Waals surface area contributed by atoms with Crippen LogP contribution in [0.2, 0.25) is 0 Å². The lowest BCUT2D eigenvalue weighted by atomic mass is 9.87. The molecule has 5 nitrogen and oxygen atoms in total. The van der Waals surface area contributed by atoms with Crippen molar-refractivity contribution >= 4 is 23.0 Å². The average Bonchev–Trinajstić information content (AvgIpc) is 3.12. The maximum atomic E-state index is 4.42. The van der Waals surface area contributed by atoms with Crippen LogP contribution in [0.1, 0.15) is 49.1 Å². The Hall–Kier alpha value is -2.08. The lowest BCUT2D eigenvalue weighted by molar-refractivity contribution is 0.461. The first-order chi connectivity index (χ1) is 13.8. The normalized spacial score (nSPS) is 16.2. The second-order valence-corrected chi connectivity index (χ2v) is 10.1. The van der Waals surface area contributed by atoms with Gasteiger partial charge in [0.05, 0.1) is 5.01 Å². The molecule has 29 heavy (non-hydrogen) atoms. The SMILES string of the molecule is CN=C(NCCc1ncc(C)s1)NC1CCN(c2ccc(C(C)(C)C)cc2)CC1. The highest BCUT2D eigenvalue weighted by Gasteiger charge is 2.21. The number of aromatic nitrogens is 1. The van der Waals surface area contributed by atoms with Crippen molar-refractivity contribution in [2.75, 3.05) is 31.6 Å². The van der Waals surface area contributed by atoms with Crippen molar-refractivity contribution in [2.45, 2.75) is 58.4 Å². The Morgan fingerprint density at radius 3 is 2.45 bits per heavy atom. The van der Waals surface area contributed by atoms with E-state index in [0.717, 1.165) is 44.9 Å². The number of nitrogens with zero attached hydrogens (tertiary/aromatic N) is 3. The van der Waals surface area contributed by atoms with Crippen molar-refractivity contribution in [2.24, 2.45) is 4.99 Å². The smallest absolute Gasteiger partial charge is 0.191 e. The predicted octanol–water partition coefficient (Wildman–Crippen LogP) is 4.13. The maximum Gasteiger partial charge on any atom is 0.191 e. The number of aryl methyl sites for hydroxylation is 1. The van der Waals surface area contributed by atoms with Crippen molar-refractivity contribution in [1.82, 2.24) is 15.6 Å². The molecule has 0 saturated carbocycles. The molecule has 2 aromatic rings. The summed E-state index contributed by atoms with van der Waals surface area (Å²) in [5.41, 5.74) is 2.93. The number of aliphatic imine (C=N–C) groups is 1. The Kier molecular flexibility index (Phi) is 7.17. The zero-order valence-corrected chi connectivity index (χ0v) is 19.3. The molecule has 0 aliphatic carbocycles. The van der Waals surface area contributed by atoms with Crippen molar-refractivity contribution in [3.05, 3.63) is 45.9 Å². The number of piperidine rings is 1. The van der Waals surface area contributed by atoms with Gasteiger partial charge in [-0.1, -0.05) is 32.9 Å². The molecule has 2 heterocycles. The fraction of sp³-hybridized carbons (Fsp3) is 0.565. The largest absolute Gasteiger partial charge is 0.371 e. The van der Waals surface area contributed by atoms with Crippen LogP contribution in [0, 0.1) is 6.92 Å². The summed E-state index contributed by atoms with van der Waals surface area (Å²) >= 11 is 1.77. The van der Waals surface area contributed by atoms with E-state index in [4.69, 9.17) is 0 Å². The van der Waals surface area contributed by atoms with Gasteiger partial charge in [0.15, 0.2) is 5.96 Å². The number of anilines is 1. The van der Waals surface area contributed by atoms with Crippen LogP contribution in [0.15, 0.2) is 35.5 Å². The van der Waals surface area contributed by atoms with E-state index in [2.05, 4.69) is 77.5 Å². The van der Waals surface area contributed by atoms with Crippen LogP contribution in [0.3, 0.4) is 0 Å². The van der Waals surface area contributed by atoms with Gasteiger partial charge in [0.25, 0.3) is 0 Å². The Labute approximate surface area is 179 Å². The summed E-state index contributed by atoms with van der Waals surface area (Å²) in [6, 6.07) is 9.56. The summed E-state index contributed by atoms with van der Waals surface area (Å²) in [5, 5.41) is 8.20. The number of thiazole rings is 1. The molecule has 1 aliphatic heterocycles. The topological polar surface area (TPSA) is 52.6 Å². The highest BCUT2D eigenvalue weighted by Crippen LogP contribution is 2.26. The van der Waals surface area contributed by atoms with Gasteiger partial charge in [0.2, 0.25) is 0 Å². The molecule has 0 spiro atoms. The number of hydrogen-bond acceptors (Lipinski definition) is 4. The summed E-state index contributed by atoms with van der Waals surface area (Å²) < 4.78 is 0. The number of rotatable bonds is 5. The second kappa shape index (κ2) is 9.61. The minimum absolute atomic E-state index is 0.205. The van der Waals surface area contributed by atoms with Crippen molar-refractivity contribution in [1.29, 1.82) is 0 Å². The second-order valence-electron chi connectivity index (χ2n) is 8.82. The summed E-state index contributed by atoms with van der Waals surface area (Å²) in [4.78, 5) is 12.6. The van der Waals surface area contributed by atoms with Crippen LogP contribution in [0.4, 0.5) is 5.69 Å². The first kappa shape index (κ1) is 21.6. The van der Waals surface area contributed by atoms with Gasteiger partial charge in [-0.25, -0.2) is 4.98 Å². The number of guanidine groups is 1. The average molecular weight is 414 g/mol. The van der Waals surface area contributed by atoms with Gasteiger partial charge >= 0.3 is 0 Å². The highest BCUT2D eigenvalue weighted by atomic mass is 32.1. The molecule has 1 aromatic heterocycles. The highest BCUT2D eigenvalue weighted by molar-refractivity contribution is 7.11. The van der Waals surface area contributed by atoms with E-state index in [1.165, 1.54) is 21.1 Å². The molecule has 1 fully saturated rings. The van der Waals surface area contributed by atoms with E-state index < -0.39 is 0 Å². The van der Waals surface area contributed by atoms with Gasteiger partial charge in [0, 0.05) is 55.9 Å². The van der Waals surface area contributed by atoms with Crippen LogP contribution in [0.25, 0.3) is 0 Å². The minimum atomic E-state index is 0.205. The molecular weight excluding hydrogens is 378 g/mol. The Balaban J connectivity index is 1.43. The van der Waals surface area contributed by atoms with Crippen LogP contribution in [0.5, 0.6) is 0 Å².